The molecule has 0 amide bonds. The molecule has 5 nitrogen and oxygen atoms in total. The molecule has 0 fully saturated rings. The molecule has 0 atom stereocenters. The SMILES string of the molecule is O=C(O)CNc1ccc(-c2ccc(C(=O)O)cc2)cc1. The number of carbonyl (C=O) groups is 2. The number of benzene rings is 2. The van der Waals surface area contributed by atoms with E-state index in [1.54, 1.807) is 36.4 Å². The molecule has 0 aliphatic carbocycles. The standard InChI is InChI=1S/C15H13NO4/c17-14(18)9-16-13-7-5-11(6-8-13)10-1-3-12(4-2-10)15(19)20/h1-8,16H,9H2,(H,17,18)(H,19,20). The molecule has 3 N–H and O–H groups in total. The summed E-state index contributed by atoms with van der Waals surface area (Å²) in [7, 11) is 0. The van der Waals surface area contributed by atoms with Gasteiger partial charge in [-0.2, -0.15) is 0 Å². The maximum atomic E-state index is 10.8. The Labute approximate surface area is 115 Å². The van der Waals surface area contributed by atoms with E-state index < -0.39 is 11.9 Å². The van der Waals surface area contributed by atoms with Crippen molar-refractivity contribution >= 4 is 17.6 Å². The van der Waals surface area contributed by atoms with E-state index in [2.05, 4.69) is 5.32 Å². The summed E-state index contributed by atoms with van der Waals surface area (Å²) in [5, 5.41) is 20.2. The molecule has 0 aromatic heterocycles. The number of rotatable bonds is 5. The Balaban J connectivity index is 2.13. The molecule has 20 heavy (non-hydrogen) atoms. The first kappa shape index (κ1) is 13.6. The molecule has 0 aliphatic rings. The minimum atomic E-state index is -0.954. The van der Waals surface area contributed by atoms with E-state index in [1.807, 2.05) is 12.1 Å². The predicted molar refractivity (Wildman–Crippen MR) is 75.0 cm³/mol. The zero-order valence-corrected chi connectivity index (χ0v) is 10.5. The van der Waals surface area contributed by atoms with Gasteiger partial charge in [0.05, 0.1) is 5.56 Å². The van der Waals surface area contributed by atoms with Gasteiger partial charge in [-0.25, -0.2) is 4.79 Å². The fraction of sp³-hybridized carbons (Fsp3) is 0.0667. The first-order valence-corrected chi connectivity index (χ1v) is 5.96. The Morgan fingerprint density at radius 3 is 1.80 bits per heavy atom. The number of carboxylic acid groups (broad SMARTS) is 2. The highest BCUT2D eigenvalue weighted by Crippen LogP contribution is 2.21. The van der Waals surface area contributed by atoms with E-state index >= 15 is 0 Å². The van der Waals surface area contributed by atoms with Crippen LogP contribution in [0, 0.1) is 0 Å². The molecule has 0 saturated carbocycles. The minimum absolute atomic E-state index is 0.132. The van der Waals surface area contributed by atoms with E-state index in [4.69, 9.17) is 10.2 Å². The summed E-state index contributed by atoms with van der Waals surface area (Å²) in [6, 6.07) is 13.8. The van der Waals surface area contributed by atoms with Gasteiger partial charge in [0.15, 0.2) is 0 Å². The van der Waals surface area contributed by atoms with E-state index in [-0.39, 0.29) is 12.1 Å². The Bertz CT molecular complexity index is 617. The van der Waals surface area contributed by atoms with Crippen molar-refractivity contribution < 1.29 is 19.8 Å². The molecular formula is C15H13NO4. The molecule has 0 aliphatic heterocycles. The fourth-order valence-corrected chi connectivity index (χ4v) is 1.76. The van der Waals surface area contributed by atoms with Gasteiger partial charge in [-0.05, 0) is 35.4 Å². The smallest absolute Gasteiger partial charge is 0.335 e. The minimum Gasteiger partial charge on any atom is -0.480 e. The zero-order chi connectivity index (χ0) is 14.5. The van der Waals surface area contributed by atoms with Gasteiger partial charge in [-0.1, -0.05) is 24.3 Å². The topological polar surface area (TPSA) is 86.6 Å². The molecule has 0 radical (unpaired) electrons. The molecular weight excluding hydrogens is 258 g/mol. The van der Waals surface area contributed by atoms with Gasteiger partial charge in [0, 0.05) is 5.69 Å². The average Bonchev–Trinajstić information content (AvgIpc) is 2.46. The molecule has 0 bridgehead atoms. The van der Waals surface area contributed by atoms with Crippen molar-refractivity contribution in [1.29, 1.82) is 0 Å². The molecule has 2 aromatic rings. The molecule has 0 saturated heterocycles. The monoisotopic (exact) mass is 271 g/mol. The van der Waals surface area contributed by atoms with Crippen molar-refractivity contribution in [3.05, 3.63) is 54.1 Å². The second kappa shape index (κ2) is 5.88. The Morgan fingerprint density at radius 1 is 0.850 bits per heavy atom. The van der Waals surface area contributed by atoms with Crippen LogP contribution in [0.2, 0.25) is 0 Å². The Hall–Kier alpha value is -2.82. The van der Waals surface area contributed by atoms with E-state index in [0.29, 0.717) is 0 Å². The van der Waals surface area contributed by atoms with E-state index in [9.17, 15) is 9.59 Å². The van der Waals surface area contributed by atoms with Crippen LogP contribution in [0.3, 0.4) is 0 Å². The van der Waals surface area contributed by atoms with Gasteiger partial charge in [-0.3, -0.25) is 4.79 Å². The van der Waals surface area contributed by atoms with Crippen LogP contribution in [0.15, 0.2) is 48.5 Å². The molecule has 102 valence electrons. The van der Waals surface area contributed by atoms with Crippen molar-refractivity contribution in [3.8, 4) is 11.1 Å². The zero-order valence-electron chi connectivity index (χ0n) is 10.5. The third kappa shape index (κ3) is 3.35. The third-order valence-corrected chi connectivity index (χ3v) is 2.79. The summed E-state index contributed by atoms with van der Waals surface area (Å²) in [6.07, 6.45) is 0. The van der Waals surface area contributed by atoms with Crippen LogP contribution >= 0.6 is 0 Å². The largest absolute Gasteiger partial charge is 0.480 e. The lowest BCUT2D eigenvalue weighted by Gasteiger charge is -2.06. The molecule has 0 unspecified atom stereocenters. The molecule has 0 heterocycles. The second-order valence-electron chi connectivity index (χ2n) is 4.21. The highest BCUT2D eigenvalue weighted by atomic mass is 16.4. The average molecular weight is 271 g/mol. The maximum absolute atomic E-state index is 10.8. The number of aliphatic carboxylic acids is 1. The van der Waals surface area contributed by atoms with Gasteiger partial charge < -0.3 is 15.5 Å². The quantitative estimate of drug-likeness (QED) is 0.778. The van der Waals surface area contributed by atoms with Crippen molar-refractivity contribution in [2.24, 2.45) is 0 Å². The number of hydrogen-bond donors (Lipinski definition) is 3. The number of carboxylic acids is 2. The number of hydrogen-bond acceptors (Lipinski definition) is 3. The van der Waals surface area contributed by atoms with Crippen LogP contribution in [-0.2, 0) is 4.79 Å². The van der Waals surface area contributed by atoms with Crippen LogP contribution in [0.4, 0.5) is 5.69 Å². The van der Waals surface area contributed by atoms with Gasteiger partial charge in [0.1, 0.15) is 6.54 Å². The first-order chi connectivity index (χ1) is 9.56. The van der Waals surface area contributed by atoms with Gasteiger partial charge in [-0.15, -0.1) is 0 Å². The van der Waals surface area contributed by atoms with Gasteiger partial charge in [0.25, 0.3) is 0 Å². The first-order valence-electron chi connectivity index (χ1n) is 5.96. The Kier molecular flexibility index (Phi) is 4.00. The van der Waals surface area contributed by atoms with Crippen molar-refractivity contribution in [2.45, 2.75) is 0 Å². The highest BCUT2D eigenvalue weighted by Gasteiger charge is 2.03. The maximum Gasteiger partial charge on any atom is 0.335 e. The van der Waals surface area contributed by atoms with E-state index in [1.165, 1.54) is 0 Å². The van der Waals surface area contributed by atoms with Crippen molar-refractivity contribution in [2.75, 3.05) is 11.9 Å². The predicted octanol–water partition coefficient (Wildman–Crippen LogP) is 2.55. The number of anilines is 1. The Morgan fingerprint density at radius 2 is 1.35 bits per heavy atom. The van der Waals surface area contributed by atoms with Crippen LogP contribution in [-0.4, -0.2) is 28.7 Å². The lowest BCUT2D eigenvalue weighted by molar-refractivity contribution is -0.134. The third-order valence-electron chi connectivity index (χ3n) is 2.79. The lowest BCUT2D eigenvalue weighted by atomic mass is 10.0. The summed E-state index contributed by atoms with van der Waals surface area (Å²) < 4.78 is 0. The number of aromatic carboxylic acids is 1. The van der Waals surface area contributed by atoms with E-state index in [0.717, 1.165) is 16.8 Å². The highest BCUT2D eigenvalue weighted by molar-refractivity contribution is 5.88. The van der Waals surface area contributed by atoms with Crippen molar-refractivity contribution in [1.82, 2.24) is 0 Å². The van der Waals surface area contributed by atoms with Crippen LogP contribution < -0.4 is 5.32 Å². The van der Waals surface area contributed by atoms with Gasteiger partial charge in [0.2, 0.25) is 0 Å². The van der Waals surface area contributed by atoms with Crippen molar-refractivity contribution in [3.63, 3.8) is 0 Å². The molecule has 2 rings (SSSR count). The van der Waals surface area contributed by atoms with Crippen LogP contribution in [0.5, 0.6) is 0 Å². The normalized spacial score (nSPS) is 10.0. The van der Waals surface area contributed by atoms with Gasteiger partial charge >= 0.3 is 11.9 Å². The fourth-order valence-electron chi connectivity index (χ4n) is 1.76. The van der Waals surface area contributed by atoms with Crippen LogP contribution in [0.25, 0.3) is 11.1 Å². The summed E-state index contributed by atoms with van der Waals surface area (Å²) in [4.78, 5) is 21.2. The summed E-state index contributed by atoms with van der Waals surface area (Å²) in [6.45, 7) is -0.132. The summed E-state index contributed by atoms with van der Waals surface area (Å²) >= 11 is 0. The molecule has 5 heteroatoms. The summed E-state index contributed by atoms with van der Waals surface area (Å²) in [5.74, 6) is -1.87. The lowest BCUT2D eigenvalue weighted by Crippen LogP contribution is -2.11. The molecule has 2 aromatic carbocycles. The summed E-state index contributed by atoms with van der Waals surface area (Å²) in [5.41, 5.74) is 2.80. The molecule has 0 spiro atoms. The second-order valence-corrected chi connectivity index (χ2v) is 4.21. The number of nitrogens with one attached hydrogen (secondary N) is 1. The van der Waals surface area contributed by atoms with Crippen LogP contribution in [0.1, 0.15) is 10.4 Å².